The second-order valence-electron chi connectivity index (χ2n) is 2.63. The number of para-hydroxylation sites is 1. The Morgan fingerprint density at radius 1 is 1.59 bits per heavy atom. The third-order valence-corrected chi connectivity index (χ3v) is 1.63. The van der Waals surface area contributed by atoms with Gasteiger partial charge in [0, 0.05) is 22.1 Å². The fraction of sp³-hybridized carbons (Fsp3) is 0.111. The first-order valence-electron chi connectivity index (χ1n) is 4.09. The van der Waals surface area contributed by atoms with E-state index >= 15 is 0 Å². The molecule has 7 nitrogen and oxygen atoms in total. The number of phenolic OH excluding ortho intramolecular Hbond substituents is 1. The van der Waals surface area contributed by atoms with Crippen LogP contribution in [0, 0.1) is 0 Å². The summed E-state index contributed by atoms with van der Waals surface area (Å²) in [6, 6.07) is 4.14. The molecular weight excluding hydrogens is 273 g/mol. The van der Waals surface area contributed by atoms with Crippen LogP contribution in [0.2, 0.25) is 0 Å². The van der Waals surface area contributed by atoms with Crippen molar-refractivity contribution in [1.29, 1.82) is 0 Å². The van der Waals surface area contributed by atoms with Gasteiger partial charge in [0.25, 0.3) is 0 Å². The van der Waals surface area contributed by atoms with Crippen LogP contribution in [0.25, 0.3) is 0 Å². The Balaban J connectivity index is 0. The van der Waals surface area contributed by atoms with Crippen LogP contribution in [0.15, 0.2) is 23.3 Å². The third-order valence-electron chi connectivity index (χ3n) is 1.63. The number of nitrogens with zero attached hydrogens (tertiary/aromatic N) is 1. The van der Waals surface area contributed by atoms with Crippen LogP contribution >= 0.6 is 0 Å². The quantitative estimate of drug-likeness (QED) is 0.396. The van der Waals surface area contributed by atoms with Gasteiger partial charge in [0.1, 0.15) is 0 Å². The molecule has 8 heteroatoms. The van der Waals surface area contributed by atoms with Gasteiger partial charge in [-0.05, 0) is 12.1 Å². The molecule has 1 aromatic rings. The molecule has 0 aliphatic rings. The Kier molecular flexibility index (Phi) is 8.67. The molecule has 0 aliphatic carbocycles. The van der Waals surface area contributed by atoms with Crippen molar-refractivity contribution in [3.63, 3.8) is 0 Å². The Morgan fingerprint density at radius 2 is 2.24 bits per heavy atom. The number of hydrogen-bond donors (Lipinski definition) is 3. The molecule has 0 unspecified atom stereocenters. The maximum atomic E-state index is 10.3. The van der Waals surface area contributed by atoms with E-state index in [4.69, 9.17) is 10.5 Å². The SMILES string of the molecule is COc1cccc(/C=N/NC(N)=O)c1O.O.[Ni]. The Bertz CT molecular complexity index is 398. The number of amides is 2. The number of primary amides is 1. The van der Waals surface area contributed by atoms with Crippen LogP contribution in [-0.4, -0.2) is 29.9 Å². The van der Waals surface area contributed by atoms with Gasteiger partial charge in [0.2, 0.25) is 0 Å². The average Bonchev–Trinajstić information content (AvgIpc) is 2.20. The van der Waals surface area contributed by atoms with E-state index in [1.165, 1.54) is 13.3 Å². The van der Waals surface area contributed by atoms with Crippen LogP contribution in [0.5, 0.6) is 11.5 Å². The minimum Gasteiger partial charge on any atom is -0.504 e. The number of hydrazone groups is 1. The van der Waals surface area contributed by atoms with Gasteiger partial charge in [-0.15, -0.1) is 0 Å². The largest absolute Gasteiger partial charge is 0.504 e. The van der Waals surface area contributed by atoms with Gasteiger partial charge >= 0.3 is 6.03 Å². The van der Waals surface area contributed by atoms with E-state index in [1.807, 2.05) is 5.43 Å². The number of phenols is 1. The van der Waals surface area contributed by atoms with E-state index in [2.05, 4.69) is 5.10 Å². The summed E-state index contributed by atoms with van der Waals surface area (Å²) in [5.74, 6) is 0.285. The van der Waals surface area contributed by atoms with Crippen molar-refractivity contribution in [2.24, 2.45) is 10.8 Å². The van der Waals surface area contributed by atoms with Crippen LogP contribution < -0.4 is 15.9 Å². The van der Waals surface area contributed by atoms with E-state index in [-0.39, 0.29) is 27.7 Å². The number of carbonyl (C=O) groups excluding carboxylic acids is 1. The summed E-state index contributed by atoms with van der Waals surface area (Å²) in [7, 11) is 1.44. The number of carbonyl (C=O) groups is 1. The van der Waals surface area contributed by atoms with Crippen LogP contribution in [0.4, 0.5) is 4.79 Å². The predicted molar refractivity (Wildman–Crippen MR) is 58.6 cm³/mol. The molecule has 0 aliphatic heterocycles. The van der Waals surface area contributed by atoms with Gasteiger partial charge in [-0.25, -0.2) is 10.2 Å². The molecule has 0 saturated carbocycles. The van der Waals surface area contributed by atoms with Gasteiger partial charge < -0.3 is 21.1 Å². The summed E-state index contributed by atoms with van der Waals surface area (Å²) in [6.45, 7) is 0. The summed E-state index contributed by atoms with van der Waals surface area (Å²) >= 11 is 0. The van der Waals surface area contributed by atoms with Crippen LogP contribution in [-0.2, 0) is 16.5 Å². The summed E-state index contributed by atoms with van der Waals surface area (Å²) in [4.78, 5) is 10.3. The van der Waals surface area contributed by atoms with Crippen molar-refractivity contribution < 1.29 is 36.6 Å². The summed E-state index contributed by atoms with van der Waals surface area (Å²) < 4.78 is 4.89. The van der Waals surface area contributed by atoms with Crippen molar-refractivity contribution in [1.82, 2.24) is 5.43 Å². The van der Waals surface area contributed by atoms with E-state index in [0.717, 1.165) is 0 Å². The fourth-order valence-electron chi connectivity index (χ4n) is 0.974. The molecule has 0 atom stereocenters. The van der Waals surface area contributed by atoms with Crippen molar-refractivity contribution in [2.45, 2.75) is 0 Å². The van der Waals surface area contributed by atoms with Gasteiger partial charge in [0.15, 0.2) is 11.5 Å². The molecule has 0 heterocycles. The van der Waals surface area contributed by atoms with E-state index in [9.17, 15) is 9.90 Å². The number of rotatable bonds is 3. The standard InChI is InChI=1S/C9H11N3O3.Ni.H2O/c1-15-7-4-2-3-6(8(7)13)5-11-12-9(10)14;;/h2-5,13H,1H3,(H3,10,12,14);;1H2/b11-5+;;. The summed E-state index contributed by atoms with van der Waals surface area (Å²) in [5, 5.41) is 13.1. The molecule has 0 radical (unpaired) electrons. The zero-order valence-electron chi connectivity index (χ0n) is 8.91. The topological polar surface area (TPSA) is 128 Å². The third kappa shape index (κ3) is 5.19. The molecule has 0 fully saturated rings. The maximum absolute atomic E-state index is 10.3. The molecule has 2 amide bonds. The monoisotopic (exact) mass is 285 g/mol. The smallest absolute Gasteiger partial charge is 0.332 e. The normalized spacial score (nSPS) is 9.00. The number of benzene rings is 1. The number of nitrogens with one attached hydrogen (secondary N) is 1. The summed E-state index contributed by atoms with van der Waals surface area (Å²) in [6.07, 6.45) is 1.27. The van der Waals surface area contributed by atoms with Crippen molar-refractivity contribution in [3.05, 3.63) is 23.8 Å². The number of aromatic hydroxyl groups is 1. The van der Waals surface area contributed by atoms with Crippen molar-refractivity contribution >= 4 is 12.2 Å². The second-order valence-corrected chi connectivity index (χ2v) is 2.63. The molecule has 0 saturated heterocycles. The summed E-state index contributed by atoms with van der Waals surface area (Å²) in [5.41, 5.74) is 7.23. The maximum Gasteiger partial charge on any atom is 0.332 e. The minimum absolute atomic E-state index is 0. The second kappa shape index (κ2) is 8.38. The van der Waals surface area contributed by atoms with Gasteiger partial charge in [-0.1, -0.05) is 6.07 Å². The van der Waals surface area contributed by atoms with Crippen LogP contribution in [0.1, 0.15) is 5.56 Å². The van der Waals surface area contributed by atoms with Gasteiger partial charge in [-0.2, -0.15) is 5.10 Å². The van der Waals surface area contributed by atoms with Crippen LogP contribution in [0.3, 0.4) is 0 Å². The molecule has 6 N–H and O–H groups in total. The molecule has 0 aromatic heterocycles. The molecule has 98 valence electrons. The Morgan fingerprint density at radius 3 is 2.76 bits per heavy atom. The molecule has 17 heavy (non-hydrogen) atoms. The molecule has 1 aromatic carbocycles. The van der Waals surface area contributed by atoms with E-state index < -0.39 is 6.03 Å². The molecule has 0 bridgehead atoms. The molecule has 1 rings (SSSR count). The molecule has 0 spiro atoms. The van der Waals surface area contributed by atoms with Crippen molar-refractivity contribution in [3.8, 4) is 11.5 Å². The minimum atomic E-state index is -0.770. The average molecular weight is 286 g/mol. The zero-order valence-corrected chi connectivity index (χ0v) is 9.90. The van der Waals surface area contributed by atoms with E-state index in [1.54, 1.807) is 18.2 Å². The number of urea groups is 1. The first-order chi connectivity index (χ1) is 7.15. The van der Waals surface area contributed by atoms with Gasteiger partial charge in [-0.3, -0.25) is 0 Å². The molecular formula is C9H13N3NiO4. The predicted octanol–water partition coefficient (Wildman–Crippen LogP) is -0.424. The van der Waals surface area contributed by atoms with Crippen molar-refractivity contribution in [2.75, 3.05) is 7.11 Å². The zero-order chi connectivity index (χ0) is 11.3. The Labute approximate surface area is 108 Å². The number of ether oxygens (including phenoxy) is 1. The first kappa shape index (κ1) is 17.6. The Hall–Kier alpha value is -1.79. The number of hydrogen-bond acceptors (Lipinski definition) is 4. The van der Waals surface area contributed by atoms with Gasteiger partial charge in [0.05, 0.1) is 13.3 Å². The number of methoxy groups -OCH3 is 1. The fourth-order valence-corrected chi connectivity index (χ4v) is 0.974. The van der Waals surface area contributed by atoms with E-state index in [0.29, 0.717) is 11.3 Å². The number of nitrogens with two attached hydrogens (primary N) is 1. The first-order valence-corrected chi connectivity index (χ1v) is 4.09.